The first-order valence-corrected chi connectivity index (χ1v) is 9.19. The Bertz CT molecular complexity index is 879. The molecule has 2 aromatic carbocycles. The van der Waals surface area contributed by atoms with Crippen LogP contribution in [0.25, 0.3) is 11.4 Å². The van der Waals surface area contributed by atoms with Crippen LogP contribution in [0.4, 0.5) is 0 Å². The molecule has 0 unspecified atom stereocenters. The Morgan fingerprint density at radius 3 is 2.46 bits per heavy atom. The summed E-state index contributed by atoms with van der Waals surface area (Å²) in [7, 11) is 0. The molecule has 6 nitrogen and oxygen atoms in total. The topological polar surface area (TPSA) is 83.4 Å². The molecular weight excluding hydrogens is 378 g/mol. The lowest BCUT2D eigenvalue weighted by atomic mass is 9.80. The van der Waals surface area contributed by atoms with Crippen LogP contribution in [0.3, 0.4) is 0 Å². The van der Waals surface area contributed by atoms with Crippen LogP contribution in [0.15, 0.2) is 59.1 Å². The van der Waals surface area contributed by atoms with E-state index in [1.807, 2.05) is 54.6 Å². The Hall–Kier alpha value is -2.41. The highest BCUT2D eigenvalue weighted by Crippen LogP contribution is 2.35. The molecule has 3 aromatic rings. The first kappa shape index (κ1) is 20.3. The highest BCUT2D eigenvalue weighted by molar-refractivity contribution is 5.85. The highest BCUT2D eigenvalue weighted by atomic mass is 35.5. The molecule has 1 saturated heterocycles. The van der Waals surface area contributed by atoms with E-state index in [4.69, 9.17) is 19.7 Å². The summed E-state index contributed by atoms with van der Waals surface area (Å²) in [5, 5.41) is 4.21. The summed E-state index contributed by atoms with van der Waals surface area (Å²) in [5.41, 5.74) is 7.66. The van der Waals surface area contributed by atoms with E-state index in [-0.39, 0.29) is 17.8 Å². The minimum Gasteiger partial charge on any atom is -0.488 e. The Balaban J connectivity index is 0.00000225. The van der Waals surface area contributed by atoms with Gasteiger partial charge in [-0.1, -0.05) is 47.6 Å². The zero-order valence-electron chi connectivity index (χ0n) is 15.5. The summed E-state index contributed by atoms with van der Waals surface area (Å²) in [6, 6.07) is 17.8. The summed E-state index contributed by atoms with van der Waals surface area (Å²) in [6.07, 6.45) is 1.58. The number of nitrogens with zero attached hydrogens (tertiary/aromatic N) is 2. The predicted octanol–water partition coefficient (Wildman–Crippen LogP) is 3.74. The van der Waals surface area contributed by atoms with Crippen molar-refractivity contribution in [3.63, 3.8) is 0 Å². The molecule has 28 heavy (non-hydrogen) atoms. The molecule has 4 rings (SSSR count). The highest BCUT2D eigenvalue weighted by Gasteiger charge is 2.38. The molecule has 0 aliphatic carbocycles. The van der Waals surface area contributed by atoms with Gasteiger partial charge in [0.25, 0.3) is 0 Å². The molecule has 7 heteroatoms. The van der Waals surface area contributed by atoms with Crippen LogP contribution in [0, 0.1) is 0 Å². The van der Waals surface area contributed by atoms with E-state index in [9.17, 15) is 0 Å². The number of ether oxygens (including phenoxy) is 2. The van der Waals surface area contributed by atoms with Crippen molar-refractivity contribution < 1.29 is 14.0 Å². The van der Waals surface area contributed by atoms with E-state index in [0.29, 0.717) is 38.1 Å². The van der Waals surface area contributed by atoms with Gasteiger partial charge in [0.1, 0.15) is 12.4 Å². The van der Waals surface area contributed by atoms with Crippen LogP contribution in [-0.2, 0) is 16.8 Å². The maximum absolute atomic E-state index is 6.05. The number of aromatic nitrogens is 2. The van der Waals surface area contributed by atoms with E-state index >= 15 is 0 Å². The summed E-state index contributed by atoms with van der Waals surface area (Å²) < 4.78 is 17.1. The Labute approximate surface area is 170 Å². The molecule has 2 heterocycles. The molecule has 0 atom stereocenters. The fraction of sp³-hybridized carbons (Fsp3) is 0.333. The van der Waals surface area contributed by atoms with Gasteiger partial charge in [0.05, 0.1) is 11.0 Å². The van der Waals surface area contributed by atoms with Crippen molar-refractivity contribution in [2.24, 2.45) is 5.73 Å². The van der Waals surface area contributed by atoms with E-state index in [0.717, 1.165) is 29.7 Å². The molecule has 0 bridgehead atoms. The van der Waals surface area contributed by atoms with Gasteiger partial charge in [-0.25, -0.2) is 0 Å². The average molecular weight is 402 g/mol. The number of halogens is 1. The van der Waals surface area contributed by atoms with Crippen molar-refractivity contribution in [3.05, 3.63) is 66.1 Å². The number of hydrogen-bond acceptors (Lipinski definition) is 6. The predicted molar refractivity (Wildman–Crippen MR) is 109 cm³/mol. The first-order valence-electron chi connectivity index (χ1n) is 9.19. The molecule has 1 aliphatic rings. The van der Waals surface area contributed by atoms with Crippen molar-refractivity contribution in [1.29, 1.82) is 0 Å². The average Bonchev–Trinajstić information content (AvgIpc) is 3.24. The van der Waals surface area contributed by atoms with Gasteiger partial charge in [-0.05, 0) is 30.5 Å². The van der Waals surface area contributed by atoms with Crippen LogP contribution >= 0.6 is 12.4 Å². The summed E-state index contributed by atoms with van der Waals surface area (Å²) in [6.45, 7) is 2.26. The van der Waals surface area contributed by atoms with Gasteiger partial charge < -0.3 is 19.7 Å². The van der Waals surface area contributed by atoms with Crippen molar-refractivity contribution in [3.8, 4) is 17.1 Å². The SMILES string of the molecule is Cl.NCC1(c2nc(-c3ccccc3OCc3ccccc3)no2)CCOCC1. The van der Waals surface area contributed by atoms with Gasteiger partial charge in [0, 0.05) is 19.8 Å². The number of hydrogen-bond donors (Lipinski definition) is 1. The maximum Gasteiger partial charge on any atom is 0.234 e. The van der Waals surface area contributed by atoms with Crippen LogP contribution in [-0.4, -0.2) is 29.9 Å². The third-order valence-electron chi connectivity index (χ3n) is 5.09. The lowest BCUT2D eigenvalue weighted by Crippen LogP contribution is -2.40. The summed E-state index contributed by atoms with van der Waals surface area (Å²) in [4.78, 5) is 4.67. The number of para-hydroxylation sites is 1. The van der Waals surface area contributed by atoms with Crippen LogP contribution < -0.4 is 10.5 Å². The first-order chi connectivity index (χ1) is 13.3. The number of nitrogens with two attached hydrogens (primary N) is 1. The number of rotatable bonds is 6. The second-order valence-corrected chi connectivity index (χ2v) is 6.79. The second kappa shape index (κ2) is 9.19. The van der Waals surface area contributed by atoms with Gasteiger partial charge in [-0.15, -0.1) is 12.4 Å². The van der Waals surface area contributed by atoms with Crippen molar-refractivity contribution in [2.45, 2.75) is 24.9 Å². The summed E-state index contributed by atoms with van der Waals surface area (Å²) >= 11 is 0. The normalized spacial score (nSPS) is 15.6. The van der Waals surface area contributed by atoms with Crippen LogP contribution in [0.1, 0.15) is 24.3 Å². The summed E-state index contributed by atoms with van der Waals surface area (Å²) in [5.74, 6) is 1.83. The van der Waals surface area contributed by atoms with E-state index < -0.39 is 0 Å². The van der Waals surface area contributed by atoms with E-state index in [2.05, 4.69) is 10.1 Å². The molecule has 1 aromatic heterocycles. The molecule has 148 valence electrons. The molecule has 0 radical (unpaired) electrons. The standard InChI is InChI=1S/C21H23N3O3.ClH/c22-15-21(10-12-25-13-11-21)20-23-19(24-27-20)17-8-4-5-9-18(17)26-14-16-6-2-1-3-7-16;/h1-9H,10-15,22H2;1H. The van der Waals surface area contributed by atoms with Crippen molar-refractivity contribution in [2.75, 3.05) is 19.8 Å². The molecule has 0 amide bonds. The fourth-order valence-corrected chi connectivity index (χ4v) is 3.33. The molecular formula is C21H24ClN3O3. The third-order valence-corrected chi connectivity index (χ3v) is 5.09. The van der Waals surface area contributed by atoms with Gasteiger partial charge in [0.2, 0.25) is 11.7 Å². The molecule has 1 fully saturated rings. The molecule has 1 aliphatic heterocycles. The molecule has 0 saturated carbocycles. The maximum atomic E-state index is 6.05. The lowest BCUT2D eigenvalue weighted by molar-refractivity contribution is 0.0409. The van der Waals surface area contributed by atoms with Gasteiger partial charge in [-0.3, -0.25) is 0 Å². The minimum absolute atomic E-state index is 0. The van der Waals surface area contributed by atoms with Gasteiger partial charge >= 0.3 is 0 Å². The third kappa shape index (κ3) is 4.19. The van der Waals surface area contributed by atoms with Crippen LogP contribution in [0.5, 0.6) is 5.75 Å². The Kier molecular flexibility index (Phi) is 6.67. The van der Waals surface area contributed by atoms with E-state index in [1.54, 1.807) is 0 Å². The quantitative estimate of drug-likeness (QED) is 0.677. The van der Waals surface area contributed by atoms with E-state index in [1.165, 1.54) is 0 Å². The largest absolute Gasteiger partial charge is 0.488 e. The number of benzene rings is 2. The smallest absolute Gasteiger partial charge is 0.234 e. The van der Waals surface area contributed by atoms with Gasteiger partial charge in [0.15, 0.2) is 0 Å². The van der Waals surface area contributed by atoms with Crippen molar-refractivity contribution >= 4 is 12.4 Å². The molecule has 0 spiro atoms. The molecule has 2 N–H and O–H groups in total. The zero-order chi connectivity index (χ0) is 18.5. The minimum atomic E-state index is -0.302. The lowest BCUT2D eigenvalue weighted by Gasteiger charge is -2.32. The Morgan fingerprint density at radius 1 is 1.00 bits per heavy atom. The van der Waals surface area contributed by atoms with Crippen LogP contribution in [0.2, 0.25) is 0 Å². The zero-order valence-corrected chi connectivity index (χ0v) is 16.4. The Morgan fingerprint density at radius 2 is 1.71 bits per heavy atom. The fourth-order valence-electron chi connectivity index (χ4n) is 3.33. The second-order valence-electron chi connectivity index (χ2n) is 6.79. The van der Waals surface area contributed by atoms with Crippen molar-refractivity contribution in [1.82, 2.24) is 10.1 Å². The monoisotopic (exact) mass is 401 g/mol. The van der Waals surface area contributed by atoms with Gasteiger partial charge in [-0.2, -0.15) is 4.98 Å².